The lowest BCUT2D eigenvalue weighted by Crippen LogP contribution is -2.28. The van der Waals surface area contributed by atoms with E-state index in [2.05, 4.69) is 16.7 Å². The molecular weight excluding hydrogens is 349 g/mol. The summed E-state index contributed by atoms with van der Waals surface area (Å²) in [6, 6.07) is 13.3. The summed E-state index contributed by atoms with van der Waals surface area (Å²) in [5.74, 6) is 0. The lowest BCUT2D eigenvalue weighted by Gasteiger charge is -2.28. The van der Waals surface area contributed by atoms with Gasteiger partial charge in [0.1, 0.15) is 0 Å². The van der Waals surface area contributed by atoms with E-state index in [4.69, 9.17) is 0 Å². The van der Waals surface area contributed by atoms with Crippen LogP contribution in [0.1, 0.15) is 48.2 Å². The highest BCUT2D eigenvalue weighted by molar-refractivity contribution is 5.40. The maximum atomic E-state index is 13.4. The molecule has 1 aliphatic heterocycles. The van der Waals surface area contributed by atoms with Crippen molar-refractivity contribution in [3.8, 4) is 0 Å². The zero-order valence-electron chi connectivity index (χ0n) is 15.6. The Bertz CT molecular complexity index is 881. The number of rotatable bonds is 4. The predicted octanol–water partition coefficient (Wildman–Crippen LogP) is 5.80. The lowest BCUT2D eigenvalue weighted by molar-refractivity contribution is -0.138. The SMILES string of the molecule is CC1=CC(NC(C)c2ccccc2C)=CC(c2ccccc2C(F)(F)F)N1. The molecule has 0 spiro atoms. The fourth-order valence-electron chi connectivity index (χ4n) is 3.47. The molecule has 0 aliphatic carbocycles. The van der Waals surface area contributed by atoms with E-state index >= 15 is 0 Å². The summed E-state index contributed by atoms with van der Waals surface area (Å²) < 4.78 is 40.2. The Balaban J connectivity index is 1.90. The maximum Gasteiger partial charge on any atom is 0.416 e. The molecule has 142 valence electrons. The van der Waals surface area contributed by atoms with Crippen LogP contribution in [0.5, 0.6) is 0 Å². The molecule has 2 nitrogen and oxygen atoms in total. The van der Waals surface area contributed by atoms with Crippen LogP contribution in [0, 0.1) is 6.92 Å². The van der Waals surface area contributed by atoms with Gasteiger partial charge in [0, 0.05) is 17.4 Å². The van der Waals surface area contributed by atoms with Crippen molar-refractivity contribution < 1.29 is 13.2 Å². The summed E-state index contributed by atoms with van der Waals surface area (Å²) in [5, 5.41) is 6.57. The van der Waals surface area contributed by atoms with Gasteiger partial charge in [0.15, 0.2) is 0 Å². The average molecular weight is 372 g/mol. The van der Waals surface area contributed by atoms with Gasteiger partial charge in [0.2, 0.25) is 0 Å². The second kappa shape index (κ2) is 7.51. The molecule has 3 rings (SSSR count). The lowest BCUT2D eigenvalue weighted by atomic mass is 9.96. The van der Waals surface area contributed by atoms with Gasteiger partial charge in [-0.05, 0) is 55.7 Å². The minimum absolute atomic E-state index is 0.0399. The van der Waals surface area contributed by atoms with E-state index in [-0.39, 0.29) is 11.6 Å². The Kier molecular flexibility index (Phi) is 5.31. The third kappa shape index (κ3) is 4.35. The summed E-state index contributed by atoms with van der Waals surface area (Å²) in [6.45, 7) is 5.96. The summed E-state index contributed by atoms with van der Waals surface area (Å²) in [7, 11) is 0. The van der Waals surface area contributed by atoms with Gasteiger partial charge in [-0.25, -0.2) is 0 Å². The molecule has 1 heterocycles. The first-order valence-corrected chi connectivity index (χ1v) is 8.90. The molecule has 0 aromatic heterocycles. The van der Waals surface area contributed by atoms with Gasteiger partial charge in [-0.1, -0.05) is 42.5 Å². The van der Waals surface area contributed by atoms with Crippen molar-refractivity contribution in [2.45, 2.75) is 39.0 Å². The highest BCUT2D eigenvalue weighted by atomic mass is 19.4. The number of hydrogen-bond acceptors (Lipinski definition) is 2. The van der Waals surface area contributed by atoms with Crippen molar-refractivity contribution in [1.82, 2.24) is 10.6 Å². The highest BCUT2D eigenvalue weighted by Crippen LogP contribution is 2.36. The van der Waals surface area contributed by atoms with Crippen molar-refractivity contribution in [3.63, 3.8) is 0 Å². The van der Waals surface area contributed by atoms with Crippen LogP contribution in [0.2, 0.25) is 0 Å². The number of alkyl halides is 3. The molecule has 0 bridgehead atoms. The third-order valence-electron chi connectivity index (χ3n) is 4.74. The van der Waals surface area contributed by atoms with Crippen LogP contribution < -0.4 is 10.6 Å². The normalized spacial score (nSPS) is 18.2. The van der Waals surface area contributed by atoms with Crippen molar-refractivity contribution in [2.24, 2.45) is 0 Å². The number of dihydropyridines is 1. The molecule has 27 heavy (non-hydrogen) atoms. The summed E-state index contributed by atoms with van der Waals surface area (Å²) >= 11 is 0. The monoisotopic (exact) mass is 372 g/mol. The van der Waals surface area contributed by atoms with Gasteiger partial charge >= 0.3 is 6.18 Å². The van der Waals surface area contributed by atoms with Crippen LogP contribution in [0.25, 0.3) is 0 Å². The Morgan fingerprint density at radius 1 is 1.00 bits per heavy atom. The predicted molar refractivity (Wildman–Crippen MR) is 102 cm³/mol. The Labute approximate surface area is 157 Å². The van der Waals surface area contributed by atoms with Crippen LogP contribution in [0.3, 0.4) is 0 Å². The van der Waals surface area contributed by atoms with Crippen molar-refractivity contribution in [1.29, 1.82) is 0 Å². The van der Waals surface area contributed by atoms with Gasteiger partial charge in [0.25, 0.3) is 0 Å². The average Bonchev–Trinajstić information content (AvgIpc) is 2.61. The van der Waals surface area contributed by atoms with Gasteiger partial charge in [-0.2, -0.15) is 13.2 Å². The van der Waals surface area contributed by atoms with Crippen molar-refractivity contribution in [3.05, 3.63) is 94.3 Å². The Morgan fingerprint density at radius 2 is 1.67 bits per heavy atom. The second-order valence-electron chi connectivity index (χ2n) is 6.88. The zero-order chi connectivity index (χ0) is 19.6. The Morgan fingerprint density at radius 3 is 2.37 bits per heavy atom. The molecule has 2 aromatic rings. The van der Waals surface area contributed by atoms with E-state index < -0.39 is 17.8 Å². The minimum Gasteiger partial charge on any atom is -0.379 e. The van der Waals surface area contributed by atoms with Crippen LogP contribution >= 0.6 is 0 Å². The fourth-order valence-corrected chi connectivity index (χ4v) is 3.47. The van der Waals surface area contributed by atoms with E-state index in [1.54, 1.807) is 6.07 Å². The quantitative estimate of drug-likeness (QED) is 0.709. The number of allylic oxidation sites excluding steroid dienone is 2. The van der Waals surface area contributed by atoms with Crippen LogP contribution in [-0.4, -0.2) is 0 Å². The van der Waals surface area contributed by atoms with Crippen molar-refractivity contribution >= 4 is 0 Å². The molecule has 0 saturated carbocycles. The number of halogens is 3. The number of hydrogen-bond donors (Lipinski definition) is 2. The van der Waals surface area contributed by atoms with E-state index in [0.29, 0.717) is 0 Å². The molecule has 1 aliphatic rings. The first-order chi connectivity index (χ1) is 12.8. The topological polar surface area (TPSA) is 24.1 Å². The molecule has 2 aromatic carbocycles. The van der Waals surface area contributed by atoms with Gasteiger partial charge in [0.05, 0.1) is 11.6 Å². The molecular formula is C22H23F3N2. The molecule has 0 radical (unpaired) electrons. The molecule has 2 unspecified atom stereocenters. The van der Waals surface area contributed by atoms with Gasteiger partial charge in [-0.3, -0.25) is 0 Å². The second-order valence-corrected chi connectivity index (χ2v) is 6.88. The van der Waals surface area contributed by atoms with Crippen LogP contribution in [0.15, 0.2) is 72.1 Å². The molecule has 5 heteroatoms. The van der Waals surface area contributed by atoms with Gasteiger partial charge in [-0.15, -0.1) is 0 Å². The molecule has 0 fully saturated rings. The molecule has 0 amide bonds. The fraction of sp³-hybridized carbons (Fsp3) is 0.273. The summed E-state index contributed by atoms with van der Waals surface area (Å²) in [6.07, 6.45) is -0.656. The minimum atomic E-state index is -4.39. The Hall–Kier alpha value is -2.69. The van der Waals surface area contributed by atoms with Crippen LogP contribution in [-0.2, 0) is 6.18 Å². The molecule has 2 N–H and O–H groups in total. The van der Waals surface area contributed by atoms with E-state index in [9.17, 15) is 13.2 Å². The third-order valence-corrected chi connectivity index (χ3v) is 4.74. The van der Waals surface area contributed by atoms with Crippen LogP contribution in [0.4, 0.5) is 13.2 Å². The van der Waals surface area contributed by atoms with E-state index in [0.717, 1.165) is 23.0 Å². The molecule has 2 atom stereocenters. The maximum absolute atomic E-state index is 13.4. The first-order valence-electron chi connectivity index (χ1n) is 8.90. The van der Waals surface area contributed by atoms with E-state index in [1.807, 2.05) is 51.1 Å². The van der Waals surface area contributed by atoms with Gasteiger partial charge < -0.3 is 10.6 Å². The summed E-state index contributed by atoms with van der Waals surface area (Å²) in [4.78, 5) is 0. The largest absolute Gasteiger partial charge is 0.416 e. The number of benzene rings is 2. The first kappa shape index (κ1) is 19.1. The van der Waals surface area contributed by atoms with E-state index in [1.165, 1.54) is 17.7 Å². The summed E-state index contributed by atoms with van der Waals surface area (Å²) in [5.41, 5.74) is 3.57. The number of nitrogens with one attached hydrogen (secondary N) is 2. The smallest absolute Gasteiger partial charge is 0.379 e. The highest BCUT2D eigenvalue weighted by Gasteiger charge is 2.35. The van der Waals surface area contributed by atoms with Crippen molar-refractivity contribution in [2.75, 3.05) is 0 Å². The number of aryl methyl sites for hydroxylation is 1. The zero-order valence-corrected chi connectivity index (χ0v) is 15.6. The molecule has 0 saturated heterocycles. The standard InChI is InChI=1S/C22H23F3N2/c1-14-8-4-5-9-18(14)16(3)27-17-12-15(2)26-21(13-17)19-10-6-7-11-20(19)22(23,24)25/h4-13,16,21,26-27H,1-3H3.